The van der Waals surface area contributed by atoms with Crippen molar-refractivity contribution >= 4 is 0 Å². The molecular formula is C20H23NO2. The summed E-state index contributed by atoms with van der Waals surface area (Å²) in [7, 11) is 4.21. The van der Waals surface area contributed by atoms with Gasteiger partial charge in [0, 0.05) is 18.0 Å². The molecular weight excluding hydrogens is 286 g/mol. The highest BCUT2D eigenvalue weighted by atomic mass is 16.5. The number of benzene rings is 2. The number of nitrogens with zero attached hydrogens (tertiary/aromatic N) is 1. The molecule has 2 aliphatic rings. The fraction of sp³-hybridized carbons (Fsp3) is 0.400. The Balaban J connectivity index is 1.77. The Kier molecular flexibility index (Phi) is 3.83. The minimum absolute atomic E-state index is 0.0811. The van der Waals surface area contributed by atoms with Crippen LogP contribution < -0.4 is 4.74 Å². The molecule has 0 spiro atoms. The maximum Gasteiger partial charge on any atom is 0.125 e. The van der Waals surface area contributed by atoms with Gasteiger partial charge in [0.1, 0.15) is 12.4 Å². The summed E-state index contributed by atoms with van der Waals surface area (Å²) in [6.45, 7) is 1.59. The molecule has 120 valence electrons. The molecule has 3 nitrogen and oxygen atoms in total. The van der Waals surface area contributed by atoms with E-state index in [1.54, 1.807) is 0 Å². The zero-order chi connectivity index (χ0) is 15.8. The first-order chi connectivity index (χ1) is 11.2. The summed E-state index contributed by atoms with van der Waals surface area (Å²) in [6, 6.07) is 17.0. The molecule has 0 amide bonds. The van der Waals surface area contributed by atoms with Gasteiger partial charge in [-0.15, -0.1) is 0 Å². The molecule has 2 heterocycles. The van der Waals surface area contributed by atoms with Crippen molar-refractivity contribution in [3.8, 4) is 5.75 Å². The maximum absolute atomic E-state index is 6.47. The van der Waals surface area contributed by atoms with Crippen LogP contribution >= 0.6 is 0 Å². The van der Waals surface area contributed by atoms with E-state index in [4.69, 9.17) is 9.47 Å². The molecule has 0 saturated carbocycles. The third-order valence-electron chi connectivity index (χ3n) is 4.85. The predicted molar refractivity (Wildman–Crippen MR) is 90.7 cm³/mol. The van der Waals surface area contributed by atoms with Gasteiger partial charge in [0.05, 0.1) is 12.2 Å². The summed E-state index contributed by atoms with van der Waals surface area (Å²) >= 11 is 0. The molecule has 0 aliphatic carbocycles. The van der Waals surface area contributed by atoms with Crippen LogP contribution in [0.1, 0.15) is 35.1 Å². The fourth-order valence-electron chi connectivity index (χ4n) is 3.90. The molecule has 1 unspecified atom stereocenters. The number of hydrogen-bond donors (Lipinski definition) is 0. The van der Waals surface area contributed by atoms with Gasteiger partial charge in [0.25, 0.3) is 0 Å². The van der Waals surface area contributed by atoms with Crippen molar-refractivity contribution in [3.05, 3.63) is 65.2 Å². The van der Waals surface area contributed by atoms with Gasteiger partial charge in [-0.05, 0) is 37.7 Å². The lowest BCUT2D eigenvalue weighted by atomic mass is 9.84. The minimum atomic E-state index is 0.0811. The molecule has 3 atom stereocenters. The largest absolute Gasteiger partial charge is 0.489 e. The lowest BCUT2D eigenvalue weighted by molar-refractivity contribution is 0.0249. The fourth-order valence-corrected chi connectivity index (χ4v) is 3.90. The van der Waals surface area contributed by atoms with Crippen molar-refractivity contribution in [1.29, 1.82) is 0 Å². The molecule has 0 radical (unpaired) electrons. The van der Waals surface area contributed by atoms with Crippen LogP contribution in [0.2, 0.25) is 0 Å². The summed E-state index contributed by atoms with van der Waals surface area (Å²) in [6.07, 6.45) is 1.41. The zero-order valence-corrected chi connectivity index (χ0v) is 13.7. The van der Waals surface area contributed by atoms with E-state index in [-0.39, 0.29) is 12.2 Å². The van der Waals surface area contributed by atoms with E-state index >= 15 is 0 Å². The van der Waals surface area contributed by atoms with Crippen LogP contribution in [0, 0.1) is 0 Å². The summed E-state index contributed by atoms with van der Waals surface area (Å²) in [5.41, 5.74) is 3.85. The lowest BCUT2D eigenvalue weighted by Gasteiger charge is -2.27. The van der Waals surface area contributed by atoms with Crippen molar-refractivity contribution in [2.24, 2.45) is 0 Å². The van der Waals surface area contributed by atoms with E-state index in [1.165, 1.54) is 16.7 Å². The number of ether oxygens (including phenoxy) is 2. The van der Waals surface area contributed by atoms with E-state index < -0.39 is 0 Å². The molecule has 1 fully saturated rings. The Morgan fingerprint density at radius 3 is 2.57 bits per heavy atom. The Morgan fingerprint density at radius 1 is 1.00 bits per heavy atom. The van der Waals surface area contributed by atoms with Crippen LogP contribution in [-0.4, -0.2) is 31.6 Å². The first kappa shape index (κ1) is 14.7. The Labute approximate surface area is 137 Å². The van der Waals surface area contributed by atoms with Gasteiger partial charge in [0.15, 0.2) is 0 Å². The highest BCUT2D eigenvalue weighted by Gasteiger charge is 2.40. The molecule has 3 heteroatoms. The molecule has 2 aromatic carbocycles. The quantitative estimate of drug-likeness (QED) is 0.843. The van der Waals surface area contributed by atoms with E-state index in [1.807, 2.05) is 6.07 Å². The maximum atomic E-state index is 6.47. The molecule has 0 bridgehead atoms. The number of para-hydroxylation sites is 1. The smallest absolute Gasteiger partial charge is 0.125 e. The van der Waals surface area contributed by atoms with Gasteiger partial charge >= 0.3 is 0 Å². The molecule has 4 rings (SSSR count). The Bertz CT molecular complexity index is 642. The van der Waals surface area contributed by atoms with Crippen molar-refractivity contribution in [2.45, 2.75) is 31.2 Å². The average Bonchev–Trinajstić information content (AvgIpc) is 2.94. The first-order valence-corrected chi connectivity index (χ1v) is 8.32. The molecule has 0 N–H and O–H groups in total. The predicted octanol–water partition coefficient (Wildman–Crippen LogP) is 3.75. The third kappa shape index (κ3) is 2.75. The first-order valence-electron chi connectivity index (χ1n) is 8.32. The van der Waals surface area contributed by atoms with Gasteiger partial charge in [-0.2, -0.15) is 0 Å². The molecule has 2 aliphatic heterocycles. The molecule has 23 heavy (non-hydrogen) atoms. The van der Waals surface area contributed by atoms with E-state index in [2.05, 4.69) is 61.5 Å². The number of likely N-dealkylation sites (N-methyl/N-ethyl adjacent to an activating group) is 1. The van der Waals surface area contributed by atoms with Crippen LogP contribution in [0.5, 0.6) is 5.75 Å². The van der Waals surface area contributed by atoms with E-state index in [0.717, 1.165) is 18.7 Å². The summed E-state index contributed by atoms with van der Waals surface area (Å²) in [5.74, 6) is 1.36. The Morgan fingerprint density at radius 2 is 1.74 bits per heavy atom. The molecule has 1 saturated heterocycles. The molecule has 2 aromatic rings. The van der Waals surface area contributed by atoms with Crippen molar-refractivity contribution in [1.82, 2.24) is 4.90 Å². The van der Waals surface area contributed by atoms with Crippen LogP contribution in [0.3, 0.4) is 0 Å². The zero-order valence-electron chi connectivity index (χ0n) is 13.7. The molecule has 0 aromatic heterocycles. The normalized spacial score (nSPS) is 25.8. The Hall–Kier alpha value is -1.84. The van der Waals surface area contributed by atoms with Crippen LogP contribution in [0.4, 0.5) is 0 Å². The van der Waals surface area contributed by atoms with Gasteiger partial charge < -0.3 is 14.4 Å². The number of rotatable bonds is 2. The number of fused-ring (bicyclic) bond motifs is 5. The lowest BCUT2D eigenvalue weighted by Crippen LogP contribution is -2.25. The van der Waals surface area contributed by atoms with Crippen molar-refractivity contribution in [2.75, 3.05) is 20.6 Å². The standard InChI is InChI=1S/C20H23NO2/c1-21(2)12-15-11-18-16-8-4-3-7-14(16)13-22-19-10-6-5-9-17(19)20(18)23-15/h3-10,15,18,20H,11-13H2,1-2H3/t15?,18-,20-/m1/s1. The highest BCUT2D eigenvalue weighted by Crippen LogP contribution is 2.49. The second-order valence-electron chi connectivity index (χ2n) is 6.81. The summed E-state index contributed by atoms with van der Waals surface area (Å²) in [5, 5.41) is 0. The summed E-state index contributed by atoms with van der Waals surface area (Å²) < 4.78 is 12.6. The van der Waals surface area contributed by atoms with Gasteiger partial charge in [0.2, 0.25) is 0 Å². The van der Waals surface area contributed by atoms with Crippen LogP contribution in [0.25, 0.3) is 0 Å². The van der Waals surface area contributed by atoms with Gasteiger partial charge in [-0.1, -0.05) is 42.5 Å². The SMILES string of the molecule is CN(C)CC1C[C@@H]2c3ccccc3COc3ccccc3[C@H]2O1. The van der Waals surface area contributed by atoms with E-state index in [9.17, 15) is 0 Å². The number of hydrogen-bond acceptors (Lipinski definition) is 3. The van der Waals surface area contributed by atoms with Crippen LogP contribution in [-0.2, 0) is 11.3 Å². The summed E-state index contributed by atoms with van der Waals surface area (Å²) in [4.78, 5) is 2.21. The average molecular weight is 309 g/mol. The highest BCUT2D eigenvalue weighted by molar-refractivity contribution is 5.42. The minimum Gasteiger partial charge on any atom is -0.489 e. The van der Waals surface area contributed by atoms with Gasteiger partial charge in [-0.25, -0.2) is 0 Å². The van der Waals surface area contributed by atoms with Crippen LogP contribution in [0.15, 0.2) is 48.5 Å². The second kappa shape index (κ2) is 5.99. The second-order valence-corrected chi connectivity index (χ2v) is 6.81. The monoisotopic (exact) mass is 309 g/mol. The van der Waals surface area contributed by atoms with E-state index in [0.29, 0.717) is 12.5 Å². The van der Waals surface area contributed by atoms with Gasteiger partial charge in [-0.3, -0.25) is 0 Å². The van der Waals surface area contributed by atoms with Crippen molar-refractivity contribution in [3.63, 3.8) is 0 Å². The van der Waals surface area contributed by atoms with Crippen molar-refractivity contribution < 1.29 is 9.47 Å². The third-order valence-corrected chi connectivity index (χ3v) is 4.85. The topological polar surface area (TPSA) is 21.7 Å².